The molecule has 108 valence electrons. The van der Waals surface area contributed by atoms with E-state index in [1.165, 1.54) is 4.88 Å². The highest BCUT2D eigenvalue weighted by Crippen LogP contribution is 2.25. The lowest BCUT2D eigenvalue weighted by Gasteiger charge is -2.22. The minimum atomic E-state index is -0.189. The van der Waals surface area contributed by atoms with E-state index in [2.05, 4.69) is 21.0 Å². The van der Waals surface area contributed by atoms with Crippen LogP contribution in [-0.2, 0) is 6.54 Å². The highest BCUT2D eigenvalue weighted by molar-refractivity contribution is 7.13. The molecule has 0 aliphatic rings. The molecule has 20 heavy (non-hydrogen) atoms. The van der Waals surface area contributed by atoms with Crippen molar-refractivity contribution in [3.8, 4) is 10.7 Å². The van der Waals surface area contributed by atoms with Crippen LogP contribution in [0.1, 0.15) is 33.1 Å². The Morgan fingerprint density at radius 3 is 2.90 bits per heavy atom. The molecule has 0 saturated carbocycles. The SMILES string of the molecule is CC(C)(CCCCn1ccnc1-c1cccs1)C(=N)N. The summed E-state index contributed by atoms with van der Waals surface area (Å²) in [6.45, 7) is 5.02. The number of unbranched alkanes of at least 4 members (excludes halogenated alkanes) is 1. The van der Waals surface area contributed by atoms with E-state index in [1.54, 1.807) is 11.3 Å². The number of hydrogen-bond donors (Lipinski definition) is 2. The predicted octanol–water partition coefficient (Wildman–Crippen LogP) is 3.74. The van der Waals surface area contributed by atoms with Gasteiger partial charge in [0.2, 0.25) is 0 Å². The van der Waals surface area contributed by atoms with Gasteiger partial charge < -0.3 is 10.3 Å². The Kier molecular flexibility index (Phi) is 4.60. The van der Waals surface area contributed by atoms with Gasteiger partial charge in [-0.25, -0.2) is 4.98 Å². The summed E-state index contributed by atoms with van der Waals surface area (Å²) in [5.41, 5.74) is 5.42. The van der Waals surface area contributed by atoms with Crippen molar-refractivity contribution in [1.29, 1.82) is 5.41 Å². The largest absolute Gasteiger partial charge is 0.387 e. The molecule has 2 aromatic heterocycles. The molecule has 2 heterocycles. The van der Waals surface area contributed by atoms with Crippen LogP contribution in [0.5, 0.6) is 0 Å². The molecule has 0 aromatic carbocycles. The summed E-state index contributed by atoms with van der Waals surface area (Å²) in [5, 5.41) is 9.64. The first-order valence-electron chi connectivity index (χ1n) is 6.90. The van der Waals surface area contributed by atoms with E-state index in [1.807, 2.05) is 32.3 Å². The average molecular weight is 290 g/mol. The summed E-state index contributed by atoms with van der Waals surface area (Å²) in [7, 11) is 0. The van der Waals surface area contributed by atoms with Gasteiger partial charge in [-0.2, -0.15) is 0 Å². The predicted molar refractivity (Wildman–Crippen MR) is 85.1 cm³/mol. The van der Waals surface area contributed by atoms with Crippen molar-refractivity contribution in [2.75, 3.05) is 0 Å². The third-order valence-corrected chi connectivity index (χ3v) is 4.50. The van der Waals surface area contributed by atoms with E-state index in [4.69, 9.17) is 11.1 Å². The molecule has 0 spiro atoms. The topological polar surface area (TPSA) is 67.7 Å². The van der Waals surface area contributed by atoms with Crippen LogP contribution in [0.2, 0.25) is 0 Å². The maximum absolute atomic E-state index is 7.56. The molecule has 0 aliphatic carbocycles. The number of nitrogens with one attached hydrogen (secondary N) is 1. The molecule has 0 radical (unpaired) electrons. The fourth-order valence-electron chi connectivity index (χ4n) is 2.10. The monoisotopic (exact) mass is 290 g/mol. The molecule has 3 N–H and O–H groups in total. The van der Waals surface area contributed by atoms with Crippen LogP contribution in [-0.4, -0.2) is 15.4 Å². The van der Waals surface area contributed by atoms with Gasteiger partial charge in [0.1, 0.15) is 5.82 Å². The van der Waals surface area contributed by atoms with Crippen molar-refractivity contribution in [1.82, 2.24) is 9.55 Å². The van der Waals surface area contributed by atoms with Crippen LogP contribution in [0.25, 0.3) is 10.7 Å². The highest BCUT2D eigenvalue weighted by atomic mass is 32.1. The molecule has 0 fully saturated rings. The van der Waals surface area contributed by atoms with Crippen LogP contribution in [0.15, 0.2) is 29.9 Å². The Hall–Kier alpha value is -1.62. The van der Waals surface area contributed by atoms with Crippen LogP contribution < -0.4 is 5.73 Å². The van der Waals surface area contributed by atoms with E-state index in [0.29, 0.717) is 0 Å². The Balaban J connectivity index is 1.87. The first kappa shape index (κ1) is 14.8. The van der Waals surface area contributed by atoms with Gasteiger partial charge in [-0.15, -0.1) is 11.3 Å². The maximum atomic E-state index is 7.56. The van der Waals surface area contributed by atoms with E-state index in [0.717, 1.165) is 31.6 Å². The number of thiophene rings is 1. The van der Waals surface area contributed by atoms with Gasteiger partial charge >= 0.3 is 0 Å². The molecule has 0 aliphatic heterocycles. The number of aryl methyl sites for hydroxylation is 1. The van der Waals surface area contributed by atoms with E-state index >= 15 is 0 Å². The molecule has 5 heteroatoms. The number of nitrogens with two attached hydrogens (primary N) is 1. The Morgan fingerprint density at radius 1 is 1.45 bits per heavy atom. The van der Waals surface area contributed by atoms with Gasteiger partial charge in [0.25, 0.3) is 0 Å². The van der Waals surface area contributed by atoms with Gasteiger partial charge in [-0.05, 0) is 24.3 Å². The fraction of sp³-hybridized carbons (Fsp3) is 0.467. The van der Waals surface area contributed by atoms with Crippen LogP contribution in [0.4, 0.5) is 0 Å². The third kappa shape index (κ3) is 3.48. The quantitative estimate of drug-likeness (QED) is 0.463. The first-order valence-corrected chi connectivity index (χ1v) is 7.78. The number of hydrogen-bond acceptors (Lipinski definition) is 3. The molecular weight excluding hydrogens is 268 g/mol. The van der Waals surface area contributed by atoms with Gasteiger partial charge in [-0.1, -0.05) is 26.3 Å². The summed E-state index contributed by atoms with van der Waals surface area (Å²) in [5.74, 6) is 1.32. The normalized spacial score (nSPS) is 11.7. The number of amidine groups is 1. The molecule has 2 rings (SSSR count). The molecular formula is C15H22N4S. The standard InChI is InChI=1S/C15H22N4S/c1-15(2,14(16)17)7-3-4-9-19-10-8-18-13(19)12-6-5-11-20-12/h5-6,8,10-11H,3-4,7,9H2,1-2H3,(H3,16,17). The van der Waals surface area contributed by atoms with Crippen LogP contribution >= 0.6 is 11.3 Å². The van der Waals surface area contributed by atoms with Crippen molar-refractivity contribution in [2.45, 2.75) is 39.7 Å². The minimum absolute atomic E-state index is 0.189. The zero-order valence-electron chi connectivity index (χ0n) is 12.1. The molecule has 4 nitrogen and oxygen atoms in total. The van der Waals surface area contributed by atoms with Crippen molar-refractivity contribution < 1.29 is 0 Å². The van der Waals surface area contributed by atoms with Crippen LogP contribution in [0.3, 0.4) is 0 Å². The van der Waals surface area contributed by atoms with Crippen molar-refractivity contribution >= 4 is 17.2 Å². The molecule has 0 amide bonds. The molecule has 0 bridgehead atoms. The number of rotatable bonds is 7. The second kappa shape index (κ2) is 6.22. The Labute approximate surface area is 124 Å². The minimum Gasteiger partial charge on any atom is -0.387 e. The van der Waals surface area contributed by atoms with Crippen molar-refractivity contribution in [2.24, 2.45) is 11.1 Å². The smallest absolute Gasteiger partial charge is 0.149 e. The zero-order valence-corrected chi connectivity index (χ0v) is 12.9. The number of aromatic nitrogens is 2. The summed E-state index contributed by atoms with van der Waals surface area (Å²) < 4.78 is 2.20. The zero-order chi connectivity index (χ0) is 14.6. The molecule has 2 aromatic rings. The third-order valence-electron chi connectivity index (χ3n) is 3.64. The summed E-state index contributed by atoms with van der Waals surface area (Å²) in [4.78, 5) is 5.64. The second-order valence-corrected chi connectivity index (χ2v) is 6.62. The van der Waals surface area contributed by atoms with Crippen molar-refractivity contribution in [3.63, 3.8) is 0 Å². The summed E-state index contributed by atoms with van der Waals surface area (Å²) >= 11 is 1.71. The van der Waals surface area contributed by atoms with Crippen molar-refractivity contribution in [3.05, 3.63) is 29.9 Å². The second-order valence-electron chi connectivity index (χ2n) is 5.68. The van der Waals surface area contributed by atoms with Crippen LogP contribution in [0, 0.1) is 10.8 Å². The molecule has 0 saturated heterocycles. The molecule has 0 unspecified atom stereocenters. The van der Waals surface area contributed by atoms with Gasteiger partial charge in [0.15, 0.2) is 0 Å². The van der Waals surface area contributed by atoms with E-state index < -0.39 is 0 Å². The van der Waals surface area contributed by atoms with Gasteiger partial charge in [0.05, 0.1) is 10.7 Å². The van der Waals surface area contributed by atoms with Gasteiger partial charge in [0, 0.05) is 24.4 Å². The van der Waals surface area contributed by atoms with E-state index in [-0.39, 0.29) is 11.3 Å². The number of nitrogens with zero attached hydrogens (tertiary/aromatic N) is 2. The molecule has 0 atom stereocenters. The summed E-state index contributed by atoms with van der Waals surface area (Å²) in [6.07, 6.45) is 6.98. The highest BCUT2D eigenvalue weighted by Gasteiger charge is 2.20. The lowest BCUT2D eigenvalue weighted by atomic mass is 9.86. The average Bonchev–Trinajstić information content (AvgIpc) is 3.04. The maximum Gasteiger partial charge on any atom is 0.149 e. The Morgan fingerprint density at radius 2 is 2.25 bits per heavy atom. The lowest BCUT2D eigenvalue weighted by Crippen LogP contribution is -2.30. The summed E-state index contributed by atoms with van der Waals surface area (Å²) in [6, 6.07) is 4.15. The van der Waals surface area contributed by atoms with Gasteiger partial charge in [-0.3, -0.25) is 5.41 Å². The first-order chi connectivity index (χ1) is 9.50. The fourth-order valence-corrected chi connectivity index (χ4v) is 2.84. The Bertz CT molecular complexity index is 554. The number of imidazole rings is 1. The lowest BCUT2D eigenvalue weighted by molar-refractivity contribution is 0.431. The van der Waals surface area contributed by atoms with E-state index in [9.17, 15) is 0 Å².